The molecule has 6 nitrogen and oxygen atoms in total. The fraction of sp³-hybridized carbons (Fsp3) is 0.294. The van der Waals surface area contributed by atoms with Gasteiger partial charge in [0.05, 0.1) is 21.0 Å². The Bertz CT molecular complexity index is 1000. The Balaban J connectivity index is 1.91. The molecule has 0 aliphatic carbocycles. The van der Waals surface area contributed by atoms with Crippen LogP contribution in [0.2, 0.25) is 10.0 Å². The fourth-order valence-corrected chi connectivity index (χ4v) is 4.19. The number of sulfonamides is 1. The minimum atomic E-state index is -4.07. The van der Waals surface area contributed by atoms with Crippen LogP contribution < -0.4 is 14.2 Å². The Labute approximate surface area is 171 Å². The number of nitrogens with one attached hydrogen (secondary N) is 1. The van der Waals surface area contributed by atoms with Crippen LogP contribution in [-0.2, 0) is 10.0 Å². The molecule has 0 bridgehead atoms. The van der Waals surface area contributed by atoms with Gasteiger partial charge in [-0.15, -0.1) is 8.78 Å². The monoisotopic (exact) mass is 452 g/mol. The summed E-state index contributed by atoms with van der Waals surface area (Å²) in [5.41, 5.74) is 0.596. The molecular formula is C17H16Cl2F2N2O4S. The van der Waals surface area contributed by atoms with Crippen LogP contribution in [0.15, 0.2) is 41.3 Å². The molecule has 0 amide bonds. The van der Waals surface area contributed by atoms with Crippen molar-refractivity contribution in [2.45, 2.75) is 17.2 Å². The molecule has 1 aliphatic heterocycles. The van der Waals surface area contributed by atoms with E-state index >= 15 is 0 Å². The van der Waals surface area contributed by atoms with Crippen molar-refractivity contribution in [3.8, 4) is 11.5 Å². The number of alkyl halides is 2. The van der Waals surface area contributed by atoms with Crippen LogP contribution in [0.4, 0.5) is 8.78 Å². The number of fused-ring (bicyclic) bond motifs is 1. The van der Waals surface area contributed by atoms with Crippen molar-refractivity contribution in [2.24, 2.45) is 0 Å². The summed E-state index contributed by atoms with van der Waals surface area (Å²) < 4.78 is 63.2. The summed E-state index contributed by atoms with van der Waals surface area (Å²) in [6.45, 7) is 0.319. The van der Waals surface area contributed by atoms with Gasteiger partial charge in [-0.2, -0.15) is 0 Å². The third kappa shape index (κ3) is 4.66. The van der Waals surface area contributed by atoms with E-state index in [-0.39, 0.29) is 21.4 Å². The van der Waals surface area contributed by atoms with Gasteiger partial charge in [-0.3, -0.25) is 0 Å². The summed E-state index contributed by atoms with van der Waals surface area (Å²) in [6, 6.07) is 7.39. The Hall–Kier alpha value is -1.65. The molecule has 1 N–H and O–H groups in total. The van der Waals surface area contributed by atoms with Crippen molar-refractivity contribution in [1.82, 2.24) is 9.62 Å². The van der Waals surface area contributed by atoms with E-state index in [1.54, 1.807) is 37.2 Å². The zero-order chi connectivity index (χ0) is 20.7. The first kappa shape index (κ1) is 21.1. The van der Waals surface area contributed by atoms with E-state index in [4.69, 9.17) is 23.2 Å². The lowest BCUT2D eigenvalue weighted by atomic mass is 10.1. The van der Waals surface area contributed by atoms with Crippen molar-refractivity contribution < 1.29 is 26.7 Å². The molecule has 0 radical (unpaired) electrons. The van der Waals surface area contributed by atoms with E-state index in [1.807, 2.05) is 0 Å². The van der Waals surface area contributed by atoms with Crippen LogP contribution >= 0.6 is 23.2 Å². The largest absolute Gasteiger partial charge is 0.586 e. The summed E-state index contributed by atoms with van der Waals surface area (Å²) in [5, 5.41) is 0.626. The number of likely N-dealkylation sites (N-methyl/N-ethyl adjacent to an activating group) is 1. The number of benzene rings is 2. The van der Waals surface area contributed by atoms with Crippen LogP contribution in [-0.4, -0.2) is 40.3 Å². The highest BCUT2D eigenvalue weighted by atomic mass is 35.5. The summed E-state index contributed by atoms with van der Waals surface area (Å²) >= 11 is 12.0. The second-order valence-corrected chi connectivity index (χ2v) is 8.91. The van der Waals surface area contributed by atoms with Crippen molar-refractivity contribution >= 4 is 33.2 Å². The average Bonchev–Trinajstić information content (AvgIpc) is 2.89. The van der Waals surface area contributed by atoms with Crippen molar-refractivity contribution in [3.63, 3.8) is 0 Å². The molecule has 28 heavy (non-hydrogen) atoms. The highest BCUT2D eigenvalue weighted by Crippen LogP contribution is 2.42. The molecule has 2 aromatic carbocycles. The molecule has 3 rings (SSSR count). The first-order valence-electron chi connectivity index (χ1n) is 7.99. The standard InChI is InChI=1S/C17H16Cl2F2N2O4S/c1-23(2)9-14(10-3-5-12(18)13(19)7-10)22-28(24,25)11-4-6-15-16(8-11)27-17(20,21)26-15/h3-8,14,22H,9H2,1-2H3. The van der Waals surface area contributed by atoms with E-state index in [9.17, 15) is 17.2 Å². The number of hydrogen-bond donors (Lipinski definition) is 1. The molecule has 0 aromatic heterocycles. The maximum atomic E-state index is 13.2. The molecule has 1 heterocycles. The molecule has 1 atom stereocenters. The third-order valence-corrected chi connectivity index (χ3v) is 6.08. The summed E-state index contributed by atoms with van der Waals surface area (Å²) in [5.74, 6) is -0.593. The predicted molar refractivity (Wildman–Crippen MR) is 101 cm³/mol. The second-order valence-electron chi connectivity index (χ2n) is 6.39. The molecule has 0 spiro atoms. The second kappa shape index (κ2) is 7.64. The SMILES string of the molecule is CN(C)CC(NS(=O)(=O)c1ccc2c(c1)OC(F)(F)O2)c1ccc(Cl)c(Cl)c1. The van der Waals surface area contributed by atoms with E-state index in [2.05, 4.69) is 14.2 Å². The molecule has 152 valence electrons. The van der Waals surface area contributed by atoms with Gasteiger partial charge in [-0.1, -0.05) is 29.3 Å². The summed E-state index contributed by atoms with van der Waals surface area (Å²) in [6.07, 6.45) is -3.83. The molecule has 2 aromatic rings. The maximum Gasteiger partial charge on any atom is 0.586 e. The van der Waals surface area contributed by atoms with Gasteiger partial charge in [-0.05, 0) is 43.9 Å². The Kier molecular flexibility index (Phi) is 5.75. The third-order valence-electron chi connectivity index (χ3n) is 3.87. The van der Waals surface area contributed by atoms with Gasteiger partial charge in [0.1, 0.15) is 0 Å². The van der Waals surface area contributed by atoms with Crippen LogP contribution in [0.1, 0.15) is 11.6 Å². The number of nitrogens with zero attached hydrogens (tertiary/aromatic N) is 1. The van der Waals surface area contributed by atoms with Gasteiger partial charge in [0.2, 0.25) is 10.0 Å². The molecule has 11 heteroatoms. The lowest BCUT2D eigenvalue weighted by molar-refractivity contribution is -0.286. The minimum Gasteiger partial charge on any atom is -0.395 e. The smallest absolute Gasteiger partial charge is 0.395 e. The molecule has 0 fully saturated rings. The van der Waals surface area contributed by atoms with E-state index in [0.29, 0.717) is 17.1 Å². The van der Waals surface area contributed by atoms with Gasteiger partial charge < -0.3 is 14.4 Å². The molecule has 0 saturated heterocycles. The first-order chi connectivity index (χ1) is 13.0. The number of ether oxygens (including phenoxy) is 2. The lowest BCUT2D eigenvalue weighted by Crippen LogP contribution is -2.35. The van der Waals surface area contributed by atoms with Crippen molar-refractivity contribution in [3.05, 3.63) is 52.0 Å². The topological polar surface area (TPSA) is 67.9 Å². The Morgan fingerprint density at radius 1 is 1.07 bits per heavy atom. The first-order valence-corrected chi connectivity index (χ1v) is 10.2. The predicted octanol–water partition coefficient (Wildman–Crippen LogP) is 3.90. The highest BCUT2D eigenvalue weighted by molar-refractivity contribution is 7.89. The number of halogens is 4. The van der Waals surface area contributed by atoms with E-state index < -0.39 is 22.4 Å². The molecular weight excluding hydrogens is 437 g/mol. The quantitative estimate of drug-likeness (QED) is 0.719. The average molecular weight is 453 g/mol. The van der Waals surface area contributed by atoms with Gasteiger partial charge in [-0.25, -0.2) is 13.1 Å². The zero-order valence-electron chi connectivity index (χ0n) is 14.7. The zero-order valence-corrected chi connectivity index (χ0v) is 17.1. The molecule has 1 aliphatic rings. The fourth-order valence-electron chi connectivity index (χ4n) is 2.66. The number of hydrogen-bond acceptors (Lipinski definition) is 5. The van der Waals surface area contributed by atoms with Crippen molar-refractivity contribution in [1.29, 1.82) is 0 Å². The molecule has 0 saturated carbocycles. The Morgan fingerprint density at radius 2 is 1.75 bits per heavy atom. The molecule has 1 unspecified atom stereocenters. The normalized spacial score (nSPS) is 16.4. The van der Waals surface area contributed by atoms with Crippen molar-refractivity contribution in [2.75, 3.05) is 20.6 Å². The maximum absolute atomic E-state index is 13.2. The summed E-state index contributed by atoms with van der Waals surface area (Å²) in [7, 11) is -0.510. The Morgan fingerprint density at radius 3 is 2.39 bits per heavy atom. The summed E-state index contributed by atoms with van der Waals surface area (Å²) in [4.78, 5) is 1.55. The van der Waals surface area contributed by atoms with Crippen LogP contribution in [0, 0.1) is 0 Å². The van der Waals surface area contributed by atoms with Gasteiger partial charge in [0.25, 0.3) is 0 Å². The minimum absolute atomic E-state index is 0.238. The van der Waals surface area contributed by atoms with E-state index in [0.717, 1.165) is 18.2 Å². The van der Waals surface area contributed by atoms with Crippen LogP contribution in [0.5, 0.6) is 11.5 Å². The van der Waals surface area contributed by atoms with Crippen LogP contribution in [0.3, 0.4) is 0 Å². The van der Waals surface area contributed by atoms with Gasteiger partial charge in [0.15, 0.2) is 11.5 Å². The lowest BCUT2D eigenvalue weighted by Gasteiger charge is -2.23. The van der Waals surface area contributed by atoms with Crippen LogP contribution in [0.25, 0.3) is 0 Å². The highest BCUT2D eigenvalue weighted by Gasteiger charge is 2.43. The van der Waals surface area contributed by atoms with Gasteiger partial charge >= 0.3 is 6.29 Å². The van der Waals surface area contributed by atoms with Gasteiger partial charge in [0, 0.05) is 12.6 Å². The van der Waals surface area contributed by atoms with E-state index in [1.165, 1.54) is 0 Å². The number of rotatable bonds is 6.